The second-order valence-electron chi connectivity index (χ2n) is 7.95. The van der Waals surface area contributed by atoms with Gasteiger partial charge in [-0.2, -0.15) is 0 Å². The Bertz CT molecular complexity index is 754. The highest BCUT2D eigenvalue weighted by Crippen LogP contribution is 2.30. The molecule has 0 atom stereocenters. The van der Waals surface area contributed by atoms with Crippen molar-refractivity contribution in [3.63, 3.8) is 0 Å². The van der Waals surface area contributed by atoms with E-state index in [2.05, 4.69) is 0 Å². The average Bonchev–Trinajstić information content (AvgIpc) is 2.54. The van der Waals surface area contributed by atoms with Crippen LogP contribution in [0.3, 0.4) is 0 Å². The third-order valence-electron chi connectivity index (χ3n) is 4.46. The number of carboxylic acid groups (broad SMARTS) is 1. The Hall–Kier alpha value is -2.39. The fraction of sp³-hybridized carbons (Fsp3) is 0.556. The average molecular weight is 401 g/mol. The maximum atomic E-state index is 12.9. The van der Waals surface area contributed by atoms with Crippen LogP contribution in [-0.4, -0.2) is 60.8 Å². The molecule has 1 aliphatic heterocycles. The SMILES string of the molecule is Cc1c(C[B-](F)(F)F)cc(C(=O)O)cc1N1CCN(C(=O)OC(C)(C)C)CC1. The molecule has 0 unspecified atom stereocenters. The van der Waals surface area contributed by atoms with Crippen molar-refractivity contribution in [2.24, 2.45) is 0 Å². The first-order valence-electron chi connectivity index (χ1n) is 9.07. The van der Waals surface area contributed by atoms with Crippen LogP contribution < -0.4 is 4.90 Å². The first kappa shape index (κ1) is 21.9. The van der Waals surface area contributed by atoms with Crippen molar-refractivity contribution >= 4 is 24.7 Å². The van der Waals surface area contributed by atoms with Gasteiger partial charge in [-0.25, -0.2) is 9.59 Å². The molecule has 1 aromatic carbocycles. The van der Waals surface area contributed by atoms with Crippen molar-refractivity contribution in [2.75, 3.05) is 31.1 Å². The van der Waals surface area contributed by atoms with Crippen LogP contribution >= 0.6 is 0 Å². The van der Waals surface area contributed by atoms with Gasteiger partial charge in [0.2, 0.25) is 0 Å². The van der Waals surface area contributed by atoms with Gasteiger partial charge in [-0.05, 0) is 45.4 Å². The number of amides is 1. The van der Waals surface area contributed by atoms with Crippen LogP contribution in [0, 0.1) is 6.92 Å². The summed E-state index contributed by atoms with van der Waals surface area (Å²) in [5.41, 5.74) is 0.0467. The summed E-state index contributed by atoms with van der Waals surface area (Å²) in [6.07, 6.45) is -1.57. The molecule has 2 rings (SSSR count). The fourth-order valence-corrected chi connectivity index (χ4v) is 3.13. The number of benzene rings is 1. The van der Waals surface area contributed by atoms with E-state index < -0.39 is 31.0 Å². The molecule has 1 amide bonds. The van der Waals surface area contributed by atoms with E-state index in [0.717, 1.165) is 6.07 Å². The first-order chi connectivity index (χ1) is 12.8. The van der Waals surface area contributed by atoms with Crippen LogP contribution in [0.4, 0.5) is 23.4 Å². The molecule has 1 aliphatic rings. The second-order valence-corrected chi connectivity index (χ2v) is 7.95. The summed E-state index contributed by atoms with van der Waals surface area (Å²) >= 11 is 0. The van der Waals surface area contributed by atoms with Crippen molar-refractivity contribution in [3.8, 4) is 0 Å². The molecular formula is C18H25BF3N2O4-. The minimum Gasteiger partial charge on any atom is -0.478 e. The molecule has 28 heavy (non-hydrogen) atoms. The zero-order valence-electron chi connectivity index (χ0n) is 16.5. The Balaban J connectivity index is 2.21. The summed E-state index contributed by atoms with van der Waals surface area (Å²) in [6, 6.07) is 2.49. The van der Waals surface area contributed by atoms with Gasteiger partial charge in [0.25, 0.3) is 0 Å². The molecule has 156 valence electrons. The van der Waals surface area contributed by atoms with Gasteiger partial charge in [0.05, 0.1) is 5.56 Å². The van der Waals surface area contributed by atoms with E-state index in [1.807, 2.05) is 4.90 Å². The molecule has 1 saturated heterocycles. The molecule has 0 spiro atoms. The highest BCUT2D eigenvalue weighted by Gasteiger charge is 2.29. The summed E-state index contributed by atoms with van der Waals surface area (Å²) in [6.45, 7) is 3.21. The first-order valence-corrected chi connectivity index (χ1v) is 9.07. The number of piperazine rings is 1. The topological polar surface area (TPSA) is 70.1 Å². The lowest BCUT2D eigenvalue weighted by molar-refractivity contribution is 0.0240. The molecule has 0 aliphatic carbocycles. The lowest BCUT2D eigenvalue weighted by atomic mass is 9.79. The van der Waals surface area contributed by atoms with Crippen molar-refractivity contribution < 1.29 is 32.4 Å². The third kappa shape index (κ3) is 5.80. The minimum absolute atomic E-state index is 0.0306. The molecule has 0 aromatic heterocycles. The quantitative estimate of drug-likeness (QED) is 0.780. The number of nitrogens with zero attached hydrogens (tertiary/aromatic N) is 2. The maximum absolute atomic E-state index is 12.9. The lowest BCUT2D eigenvalue weighted by Gasteiger charge is -2.38. The zero-order chi connectivity index (χ0) is 21.3. The fourth-order valence-electron chi connectivity index (χ4n) is 3.13. The van der Waals surface area contributed by atoms with E-state index in [4.69, 9.17) is 4.74 Å². The Morgan fingerprint density at radius 2 is 1.71 bits per heavy atom. The summed E-state index contributed by atoms with van der Waals surface area (Å²) < 4.78 is 44.2. The van der Waals surface area contributed by atoms with Crippen molar-refractivity contribution in [1.82, 2.24) is 4.90 Å². The highest BCUT2D eigenvalue weighted by molar-refractivity contribution is 6.57. The summed E-state index contributed by atoms with van der Waals surface area (Å²) in [4.78, 5) is 26.9. The van der Waals surface area contributed by atoms with E-state index in [1.54, 1.807) is 27.7 Å². The van der Waals surface area contributed by atoms with Gasteiger partial charge in [-0.3, -0.25) is 0 Å². The van der Waals surface area contributed by atoms with E-state index in [-0.39, 0.29) is 11.1 Å². The molecule has 1 fully saturated rings. The van der Waals surface area contributed by atoms with Crippen LogP contribution in [-0.2, 0) is 11.1 Å². The van der Waals surface area contributed by atoms with Gasteiger partial charge in [0.1, 0.15) is 5.60 Å². The number of ether oxygens (including phenoxy) is 1. The summed E-state index contributed by atoms with van der Waals surface area (Å²) in [5, 5.41) is 9.28. The largest absolute Gasteiger partial charge is 0.482 e. The van der Waals surface area contributed by atoms with E-state index in [1.165, 1.54) is 11.0 Å². The van der Waals surface area contributed by atoms with Crippen molar-refractivity contribution in [3.05, 3.63) is 28.8 Å². The summed E-state index contributed by atoms with van der Waals surface area (Å²) in [5.74, 6) is -1.27. The van der Waals surface area contributed by atoms with E-state index >= 15 is 0 Å². The smallest absolute Gasteiger partial charge is 0.478 e. The number of aromatic carboxylic acids is 1. The van der Waals surface area contributed by atoms with Gasteiger partial charge in [0, 0.05) is 31.9 Å². The predicted octanol–water partition coefficient (Wildman–Crippen LogP) is 3.68. The molecule has 0 saturated carbocycles. The molecule has 1 N–H and O–H groups in total. The number of hydrogen-bond acceptors (Lipinski definition) is 4. The second kappa shape index (κ2) is 7.93. The Kier molecular flexibility index (Phi) is 6.20. The normalized spacial score (nSPS) is 15.5. The predicted molar refractivity (Wildman–Crippen MR) is 101 cm³/mol. The van der Waals surface area contributed by atoms with E-state index in [0.29, 0.717) is 37.4 Å². The Labute approximate surface area is 162 Å². The van der Waals surface area contributed by atoms with Crippen LogP contribution in [0.15, 0.2) is 12.1 Å². The number of carbonyl (C=O) groups is 2. The Morgan fingerprint density at radius 3 is 2.18 bits per heavy atom. The number of rotatable bonds is 4. The molecule has 1 heterocycles. The third-order valence-corrected chi connectivity index (χ3v) is 4.46. The van der Waals surface area contributed by atoms with Gasteiger partial charge >= 0.3 is 19.0 Å². The minimum atomic E-state index is -5.09. The van der Waals surface area contributed by atoms with Gasteiger partial charge in [-0.15, -0.1) is 0 Å². The number of anilines is 1. The maximum Gasteiger partial charge on any atom is 0.482 e. The molecule has 0 radical (unpaired) electrons. The number of hydrogen-bond donors (Lipinski definition) is 1. The molecule has 10 heteroatoms. The number of carboxylic acids is 1. The monoisotopic (exact) mass is 401 g/mol. The van der Waals surface area contributed by atoms with Crippen LogP contribution in [0.5, 0.6) is 0 Å². The number of halogens is 3. The van der Waals surface area contributed by atoms with Gasteiger partial charge < -0.3 is 32.6 Å². The lowest BCUT2D eigenvalue weighted by Crippen LogP contribution is -2.50. The highest BCUT2D eigenvalue weighted by atomic mass is 19.4. The van der Waals surface area contributed by atoms with Crippen molar-refractivity contribution in [2.45, 2.75) is 39.6 Å². The van der Waals surface area contributed by atoms with Crippen LogP contribution in [0.2, 0.25) is 0 Å². The zero-order valence-corrected chi connectivity index (χ0v) is 16.5. The molecule has 6 nitrogen and oxygen atoms in total. The Morgan fingerprint density at radius 1 is 1.14 bits per heavy atom. The number of carbonyl (C=O) groups excluding carboxylic acids is 1. The van der Waals surface area contributed by atoms with Crippen LogP contribution in [0.25, 0.3) is 0 Å². The van der Waals surface area contributed by atoms with Crippen molar-refractivity contribution in [1.29, 1.82) is 0 Å². The molecule has 0 bridgehead atoms. The van der Waals surface area contributed by atoms with E-state index in [9.17, 15) is 27.6 Å². The van der Waals surface area contributed by atoms with Crippen LogP contribution in [0.1, 0.15) is 42.3 Å². The standard InChI is InChI=1S/C18H25BF3N2O4/c1-12-14(11-19(20,21)22)9-13(16(25)26)10-15(12)23-5-7-24(8-6-23)17(27)28-18(2,3)4/h9-10H,5-8,11H2,1-4H3,(H,25,26)/q-1. The summed E-state index contributed by atoms with van der Waals surface area (Å²) in [7, 11) is 0. The molecule has 1 aromatic rings. The van der Waals surface area contributed by atoms with Gasteiger partial charge in [0.15, 0.2) is 0 Å². The van der Waals surface area contributed by atoms with Gasteiger partial charge in [-0.1, -0.05) is 11.9 Å². The molecular weight excluding hydrogens is 376 g/mol.